The van der Waals surface area contributed by atoms with Gasteiger partial charge in [0, 0.05) is 25.5 Å². The number of hydrogen-bond donors (Lipinski definition) is 2. The minimum atomic E-state index is -0.634. The second kappa shape index (κ2) is 14.0. The number of pyridine rings is 1. The van der Waals surface area contributed by atoms with E-state index in [1.807, 2.05) is 31.2 Å². The Kier molecular flexibility index (Phi) is 10.5. The van der Waals surface area contributed by atoms with Crippen LogP contribution in [0.1, 0.15) is 32.8 Å². The molecule has 214 valence electrons. The van der Waals surface area contributed by atoms with Gasteiger partial charge in [-0.2, -0.15) is 5.10 Å². The Morgan fingerprint density at radius 1 is 1.00 bits per heavy atom. The van der Waals surface area contributed by atoms with E-state index in [1.54, 1.807) is 45.0 Å². The molecule has 0 radical (unpaired) electrons. The molecule has 0 fully saturated rings. The summed E-state index contributed by atoms with van der Waals surface area (Å²) >= 11 is 0. The minimum Gasteiger partial charge on any atom is -0.493 e. The van der Waals surface area contributed by atoms with Crippen LogP contribution in [0.15, 0.2) is 55.0 Å². The van der Waals surface area contributed by atoms with Gasteiger partial charge in [0.05, 0.1) is 31.5 Å². The second-order valence-electron chi connectivity index (χ2n) is 10.1. The van der Waals surface area contributed by atoms with Gasteiger partial charge in [-0.05, 0) is 45.9 Å². The molecule has 0 bridgehead atoms. The number of ether oxygens (including phenoxy) is 3. The minimum absolute atomic E-state index is 0.0295. The van der Waals surface area contributed by atoms with Crippen molar-refractivity contribution in [1.82, 2.24) is 19.7 Å². The molecule has 0 saturated carbocycles. The van der Waals surface area contributed by atoms with Crippen LogP contribution in [0.4, 0.5) is 16.3 Å². The van der Waals surface area contributed by atoms with Crippen LogP contribution in [0.2, 0.25) is 0 Å². The van der Waals surface area contributed by atoms with E-state index in [1.165, 1.54) is 23.1 Å². The predicted octanol–water partition coefficient (Wildman–Crippen LogP) is 3.88. The molecule has 12 nitrogen and oxygen atoms in total. The number of amides is 3. The zero-order chi connectivity index (χ0) is 29.1. The highest BCUT2D eigenvalue weighted by atomic mass is 16.6. The number of carbonyl (C=O) groups is 3. The number of nitrogens with one attached hydrogen (secondary N) is 2. The number of aromatic nitrogens is 3. The van der Waals surface area contributed by atoms with Crippen molar-refractivity contribution in [2.45, 2.75) is 46.3 Å². The molecule has 3 amide bonds. The van der Waals surface area contributed by atoms with E-state index in [-0.39, 0.29) is 37.2 Å². The lowest BCUT2D eigenvalue weighted by atomic mass is 10.2. The van der Waals surface area contributed by atoms with Crippen molar-refractivity contribution in [3.05, 3.63) is 60.6 Å². The van der Waals surface area contributed by atoms with Crippen LogP contribution < -0.4 is 20.1 Å². The summed E-state index contributed by atoms with van der Waals surface area (Å²) in [6.45, 7) is 8.22. The number of carbonyl (C=O) groups excluding carboxylic acids is 3. The van der Waals surface area contributed by atoms with Gasteiger partial charge in [0.15, 0.2) is 0 Å². The van der Waals surface area contributed by atoms with Gasteiger partial charge in [-0.3, -0.25) is 19.6 Å². The van der Waals surface area contributed by atoms with Gasteiger partial charge in [-0.1, -0.05) is 17.7 Å². The molecule has 12 heteroatoms. The van der Waals surface area contributed by atoms with E-state index in [4.69, 9.17) is 14.2 Å². The topological polar surface area (TPSA) is 137 Å². The van der Waals surface area contributed by atoms with E-state index in [0.717, 1.165) is 11.3 Å². The highest BCUT2D eigenvalue weighted by Gasteiger charge is 2.17. The fourth-order valence-electron chi connectivity index (χ4n) is 3.30. The van der Waals surface area contributed by atoms with Crippen molar-refractivity contribution < 1.29 is 28.6 Å². The lowest BCUT2D eigenvalue weighted by molar-refractivity contribution is -0.131. The largest absolute Gasteiger partial charge is 0.493 e. The SMILES string of the molecule is Cc1ccc(OCCN(C)C(=O)Cn2cc(NC(=O)CCOc3ccnc(NC(=O)OC(C)(C)C)c3)cn2)cc1. The first-order valence-electron chi connectivity index (χ1n) is 12.8. The maximum atomic E-state index is 12.5. The van der Waals surface area contributed by atoms with Gasteiger partial charge in [0.1, 0.15) is 36.1 Å². The van der Waals surface area contributed by atoms with Crippen LogP contribution >= 0.6 is 0 Å². The Bertz CT molecular complexity index is 1280. The van der Waals surface area contributed by atoms with Gasteiger partial charge >= 0.3 is 6.09 Å². The molecule has 0 saturated heterocycles. The monoisotopic (exact) mass is 552 g/mol. The van der Waals surface area contributed by atoms with Crippen LogP contribution in [-0.2, 0) is 20.9 Å². The first kappa shape index (κ1) is 29.9. The lowest BCUT2D eigenvalue weighted by Crippen LogP contribution is -2.33. The van der Waals surface area contributed by atoms with Crippen LogP contribution in [0.3, 0.4) is 0 Å². The number of aryl methyl sites for hydroxylation is 1. The second-order valence-corrected chi connectivity index (χ2v) is 10.1. The number of nitrogens with zero attached hydrogens (tertiary/aromatic N) is 4. The normalized spacial score (nSPS) is 10.9. The van der Waals surface area contributed by atoms with Crippen molar-refractivity contribution in [3.63, 3.8) is 0 Å². The zero-order valence-electron chi connectivity index (χ0n) is 23.5. The average Bonchev–Trinajstić information content (AvgIpc) is 3.30. The number of benzene rings is 1. The van der Waals surface area contributed by atoms with Gasteiger partial charge in [0.25, 0.3) is 0 Å². The third-order valence-electron chi connectivity index (χ3n) is 5.31. The highest BCUT2D eigenvalue weighted by Crippen LogP contribution is 2.17. The van der Waals surface area contributed by atoms with E-state index >= 15 is 0 Å². The molecular weight excluding hydrogens is 516 g/mol. The molecule has 0 aliphatic carbocycles. The summed E-state index contributed by atoms with van der Waals surface area (Å²) < 4.78 is 18.0. The van der Waals surface area contributed by atoms with Crippen molar-refractivity contribution in [2.75, 3.05) is 37.4 Å². The zero-order valence-corrected chi connectivity index (χ0v) is 23.5. The Labute approximate surface area is 233 Å². The van der Waals surface area contributed by atoms with E-state index < -0.39 is 11.7 Å². The van der Waals surface area contributed by atoms with Crippen LogP contribution in [0, 0.1) is 6.92 Å². The number of anilines is 2. The maximum Gasteiger partial charge on any atom is 0.413 e. The third-order valence-corrected chi connectivity index (χ3v) is 5.31. The fourth-order valence-corrected chi connectivity index (χ4v) is 3.30. The van der Waals surface area contributed by atoms with Crippen LogP contribution in [-0.4, -0.2) is 70.0 Å². The summed E-state index contributed by atoms with van der Waals surface area (Å²) in [5.41, 5.74) is 0.985. The Balaban J connectivity index is 1.36. The molecule has 2 N–H and O–H groups in total. The standard InChI is InChI=1S/C28H36N6O6/c1-20-6-8-22(9-7-20)39-15-13-33(5)26(36)19-34-18-21(17-30-34)31-25(35)11-14-38-23-10-12-29-24(16-23)32-27(37)40-28(2,3)4/h6-10,12,16-18H,11,13-15,19H2,1-5H3,(H,31,35)(H,29,32,37). The van der Waals surface area contributed by atoms with E-state index in [9.17, 15) is 14.4 Å². The van der Waals surface area contributed by atoms with Gasteiger partial charge in [0.2, 0.25) is 11.8 Å². The number of likely N-dealkylation sites (N-methyl/N-ethyl adjacent to an activating group) is 1. The molecule has 1 aromatic carbocycles. The lowest BCUT2D eigenvalue weighted by Gasteiger charge is -2.19. The van der Waals surface area contributed by atoms with Crippen molar-refractivity contribution in [1.29, 1.82) is 0 Å². The number of hydrogen-bond acceptors (Lipinski definition) is 8. The molecule has 0 aliphatic heterocycles. The van der Waals surface area contributed by atoms with E-state index in [2.05, 4.69) is 20.7 Å². The molecular formula is C28H36N6O6. The molecule has 0 atom stereocenters. The van der Waals surface area contributed by atoms with Gasteiger partial charge < -0.3 is 24.4 Å². The molecule has 0 unspecified atom stereocenters. The van der Waals surface area contributed by atoms with Crippen LogP contribution in [0.5, 0.6) is 11.5 Å². The molecule has 2 heterocycles. The average molecular weight is 553 g/mol. The summed E-state index contributed by atoms with van der Waals surface area (Å²) in [4.78, 5) is 42.4. The van der Waals surface area contributed by atoms with Crippen molar-refractivity contribution in [2.24, 2.45) is 0 Å². The maximum absolute atomic E-state index is 12.5. The summed E-state index contributed by atoms with van der Waals surface area (Å²) in [6.07, 6.45) is 3.99. The molecule has 2 aromatic heterocycles. The van der Waals surface area contributed by atoms with Gasteiger partial charge in [-0.25, -0.2) is 9.78 Å². The highest BCUT2D eigenvalue weighted by molar-refractivity contribution is 5.90. The van der Waals surface area contributed by atoms with Crippen molar-refractivity contribution in [3.8, 4) is 11.5 Å². The molecule has 40 heavy (non-hydrogen) atoms. The Hall–Kier alpha value is -4.61. The number of rotatable bonds is 12. The quantitative estimate of drug-likeness (QED) is 0.345. The molecule has 3 aromatic rings. The van der Waals surface area contributed by atoms with Crippen molar-refractivity contribution >= 4 is 29.4 Å². The first-order chi connectivity index (χ1) is 19.0. The third kappa shape index (κ3) is 10.6. The summed E-state index contributed by atoms with van der Waals surface area (Å²) in [5, 5.41) is 9.42. The Morgan fingerprint density at radius 2 is 1.73 bits per heavy atom. The van der Waals surface area contributed by atoms with Crippen LogP contribution in [0.25, 0.3) is 0 Å². The van der Waals surface area contributed by atoms with Gasteiger partial charge in [-0.15, -0.1) is 0 Å². The summed E-state index contributed by atoms with van der Waals surface area (Å²) in [7, 11) is 1.70. The smallest absolute Gasteiger partial charge is 0.413 e. The Morgan fingerprint density at radius 3 is 2.45 bits per heavy atom. The van der Waals surface area contributed by atoms with E-state index in [0.29, 0.717) is 24.6 Å². The summed E-state index contributed by atoms with van der Waals surface area (Å²) in [5.74, 6) is 1.04. The molecule has 0 aliphatic rings. The molecule has 3 rings (SSSR count). The first-order valence-corrected chi connectivity index (χ1v) is 12.8. The molecule has 0 spiro atoms. The summed E-state index contributed by atoms with van der Waals surface area (Å²) in [6, 6.07) is 10.9. The predicted molar refractivity (Wildman–Crippen MR) is 149 cm³/mol. The fraction of sp³-hybridized carbons (Fsp3) is 0.393.